The van der Waals surface area contributed by atoms with Crippen LogP contribution in [0.4, 0.5) is 0 Å². The van der Waals surface area contributed by atoms with E-state index in [-0.39, 0.29) is 18.0 Å². The summed E-state index contributed by atoms with van der Waals surface area (Å²) in [6.07, 6.45) is 3.86. The lowest BCUT2D eigenvalue weighted by molar-refractivity contribution is -0.132. The van der Waals surface area contributed by atoms with Crippen LogP contribution in [-0.4, -0.2) is 50.7 Å². The lowest BCUT2D eigenvalue weighted by Crippen LogP contribution is -2.49. The van der Waals surface area contributed by atoms with Crippen molar-refractivity contribution in [3.63, 3.8) is 0 Å². The maximum absolute atomic E-state index is 11.9. The lowest BCUT2D eigenvalue weighted by atomic mass is 10.1. The molecule has 1 heterocycles. The van der Waals surface area contributed by atoms with Gasteiger partial charge in [-0.3, -0.25) is 4.79 Å². The third kappa shape index (κ3) is 5.79. The van der Waals surface area contributed by atoms with Crippen molar-refractivity contribution in [3.05, 3.63) is 0 Å². The van der Waals surface area contributed by atoms with E-state index in [0.717, 1.165) is 19.1 Å². The van der Waals surface area contributed by atoms with Crippen molar-refractivity contribution in [3.8, 4) is 0 Å². The third-order valence-electron chi connectivity index (χ3n) is 2.97. The molecule has 106 valence electrons. The largest absolute Gasteiger partial charge is 0.341 e. The van der Waals surface area contributed by atoms with Gasteiger partial charge >= 0.3 is 0 Å². The summed E-state index contributed by atoms with van der Waals surface area (Å²) in [5, 5.41) is 0. The standard InChI is InChI=1S/C11H23N3O3S/c1-9(12)5-6-11(15)14-7-3-4-10(8-14)13-18(2,16)17/h9-10,13H,3-8,12H2,1-2H3. The van der Waals surface area contributed by atoms with Gasteiger partial charge in [0.25, 0.3) is 0 Å². The number of hydrogen-bond acceptors (Lipinski definition) is 4. The molecular formula is C11H23N3O3S. The summed E-state index contributed by atoms with van der Waals surface area (Å²) in [6, 6.07) is -0.142. The second kappa shape index (κ2) is 6.49. The number of likely N-dealkylation sites (tertiary alicyclic amines) is 1. The van der Waals surface area contributed by atoms with Gasteiger partial charge in [0.1, 0.15) is 0 Å². The molecule has 6 nitrogen and oxygen atoms in total. The first kappa shape index (κ1) is 15.4. The van der Waals surface area contributed by atoms with Gasteiger partial charge in [-0.05, 0) is 26.2 Å². The summed E-state index contributed by atoms with van der Waals surface area (Å²) >= 11 is 0. The molecule has 1 fully saturated rings. The van der Waals surface area contributed by atoms with E-state index in [1.165, 1.54) is 0 Å². The molecule has 0 saturated carbocycles. The molecule has 0 aromatic heterocycles. The van der Waals surface area contributed by atoms with Crippen LogP contribution in [0.2, 0.25) is 0 Å². The minimum absolute atomic E-state index is 0.0173. The minimum Gasteiger partial charge on any atom is -0.341 e. The predicted molar refractivity (Wildman–Crippen MR) is 70.5 cm³/mol. The van der Waals surface area contributed by atoms with Gasteiger partial charge < -0.3 is 10.6 Å². The fourth-order valence-corrected chi connectivity index (χ4v) is 2.91. The summed E-state index contributed by atoms with van der Waals surface area (Å²) in [4.78, 5) is 13.6. The summed E-state index contributed by atoms with van der Waals surface area (Å²) in [5.41, 5.74) is 5.62. The molecule has 18 heavy (non-hydrogen) atoms. The van der Waals surface area contributed by atoms with E-state index in [1.807, 2.05) is 6.92 Å². The van der Waals surface area contributed by atoms with Gasteiger partial charge in [0.05, 0.1) is 6.26 Å². The zero-order chi connectivity index (χ0) is 13.8. The molecule has 0 radical (unpaired) electrons. The summed E-state index contributed by atoms with van der Waals surface area (Å²) in [7, 11) is -3.21. The van der Waals surface area contributed by atoms with Crippen molar-refractivity contribution in [2.24, 2.45) is 5.73 Å². The molecule has 2 unspecified atom stereocenters. The molecule has 7 heteroatoms. The number of piperidine rings is 1. The average molecular weight is 277 g/mol. The highest BCUT2D eigenvalue weighted by atomic mass is 32.2. The van der Waals surface area contributed by atoms with Crippen LogP contribution in [0.1, 0.15) is 32.6 Å². The van der Waals surface area contributed by atoms with Gasteiger partial charge in [0.2, 0.25) is 15.9 Å². The Bertz CT molecular complexity index is 381. The Hall–Kier alpha value is -0.660. The molecule has 0 aromatic rings. The minimum atomic E-state index is -3.21. The number of hydrogen-bond donors (Lipinski definition) is 2. The topological polar surface area (TPSA) is 92.5 Å². The maximum Gasteiger partial charge on any atom is 0.222 e. The second-order valence-corrected chi connectivity index (χ2v) is 6.86. The SMILES string of the molecule is CC(N)CCC(=O)N1CCCC(NS(C)(=O)=O)C1. The van der Waals surface area contributed by atoms with E-state index < -0.39 is 10.0 Å². The van der Waals surface area contributed by atoms with Gasteiger partial charge in [-0.25, -0.2) is 13.1 Å². The van der Waals surface area contributed by atoms with E-state index in [0.29, 0.717) is 25.9 Å². The predicted octanol–water partition coefficient (Wildman–Crippen LogP) is -0.346. The van der Waals surface area contributed by atoms with Gasteiger partial charge in [0, 0.05) is 31.6 Å². The molecule has 1 aliphatic heterocycles. The Labute approximate surface area is 109 Å². The van der Waals surface area contributed by atoms with Crippen LogP contribution in [0.3, 0.4) is 0 Å². The quantitative estimate of drug-likeness (QED) is 0.718. The molecular weight excluding hydrogens is 254 g/mol. The number of nitrogens with two attached hydrogens (primary N) is 1. The zero-order valence-corrected chi connectivity index (χ0v) is 11.9. The van der Waals surface area contributed by atoms with Crippen LogP contribution in [0.5, 0.6) is 0 Å². The molecule has 0 bridgehead atoms. The summed E-state index contributed by atoms with van der Waals surface area (Å²) in [6.45, 7) is 3.04. The van der Waals surface area contributed by atoms with Crippen molar-refractivity contribution in [1.82, 2.24) is 9.62 Å². The van der Waals surface area contributed by atoms with Crippen molar-refractivity contribution < 1.29 is 13.2 Å². The number of carbonyl (C=O) groups is 1. The number of nitrogens with one attached hydrogen (secondary N) is 1. The summed E-state index contributed by atoms with van der Waals surface area (Å²) < 4.78 is 24.9. The van der Waals surface area contributed by atoms with Gasteiger partial charge in [0.15, 0.2) is 0 Å². The number of rotatable bonds is 5. The molecule has 1 amide bonds. The first-order chi connectivity index (χ1) is 8.28. The van der Waals surface area contributed by atoms with Crippen LogP contribution in [0.15, 0.2) is 0 Å². The van der Waals surface area contributed by atoms with Crippen LogP contribution >= 0.6 is 0 Å². The van der Waals surface area contributed by atoms with Crippen molar-refractivity contribution in [2.45, 2.75) is 44.7 Å². The molecule has 2 atom stereocenters. The monoisotopic (exact) mass is 277 g/mol. The molecule has 0 aromatic carbocycles. The van der Waals surface area contributed by atoms with Crippen molar-refractivity contribution in [1.29, 1.82) is 0 Å². The Morgan fingerprint density at radius 1 is 1.56 bits per heavy atom. The first-order valence-electron chi connectivity index (χ1n) is 6.28. The van der Waals surface area contributed by atoms with E-state index in [1.54, 1.807) is 4.90 Å². The second-order valence-electron chi connectivity index (χ2n) is 5.08. The number of carbonyl (C=O) groups excluding carboxylic acids is 1. The number of sulfonamides is 1. The van der Waals surface area contributed by atoms with Crippen molar-refractivity contribution >= 4 is 15.9 Å². The normalized spacial score (nSPS) is 22.8. The van der Waals surface area contributed by atoms with E-state index in [9.17, 15) is 13.2 Å². The zero-order valence-electron chi connectivity index (χ0n) is 11.1. The van der Waals surface area contributed by atoms with Crippen LogP contribution < -0.4 is 10.5 Å². The van der Waals surface area contributed by atoms with Crippen LogP contribution in [-0.2, 0) is 14.8 Å². The third-order valence-corrected chi connectivity index (χ3v) is 3.73. The Balaban J connectivity index is 2.45. The average Bonchev–Trinajstić information content (AvgIpc) is 2.23. The number of nitrogens with zero attached hydrogens (tertiary/aromatic N) is 1. The Morgan fingerprint density at radius 2 is 2.22 bits per heavy atom. The van der Waals surface area contributed by atoms with E-state index in [4.69, 9.17) is 5.73 Å². The molecule has 0 spiro atoms. The van der Waals surface area contributed by atoms with Gasteiger partial charge in [-0.1, -0.05) is 0 Å². The van der Waals surface area contributed by atoms with Crippen LogP contribution in [0, 0.1) is 0 Å². The Kier molecular flexibility index (Phi) is 5.55. The smallest absolute Gasteiger partial charge is 0.222 e. The number of amides is 1. The fraction of sp³-hybridized carbons (Fsp3) is 0.909. The summed E-state index contributed by atoms with van der Waals surface area (Å²) in [5.74, 6) is 0.0623. The molecule has 1 aliphatic rings. The van der Waals surface area contributed by atoms with Crippen molar-refractivity contribution in [2.75, 3.05) is 19.3 Å². The van der Waals surface area contributed by atoms with Gasteiger partial charge in [-0.2, -0.15) is 0 Å². The van der Waals surface area contributed by atoms with E-state index in [2.05, 4.69) is 4.72 Å². The van der Waals surface area contributed by atoms with Crippen LogP contribution in [0.25, 0.3) is 0 Å². The highest BCUT2D eigenvalue weighted by Crippen LogP contribution is 2.12. The van der Waals surface area contributed by atoms with Gasteiger partial charge in [-0.15, -0.1) is 0 Å². The molecule has 0 aliphatic carbocycles. The molecule has 3 N–H and O–H groups in total. The highest BCUT2D eigenvalue weighted by Gasteiger charge is 2.25. The molecule has 1 rings (SSSR count). The maximum atomic E-state index is 11.9. The fourth-order valence-electron chi connectivity index (χ4n) is 2.11. The van der Waals surface area contributed by atoms with E-state index >= 15 is 0 Å². The molecule has 1 saturated heterocycles. The first-order valence-corrected chi connectivity index (χ1v) is 8.17. The Morgan fingerprint density at radius 3 is 2.78 bits per heavy atom. The highest BCUT2D eigenvalue weighted by molar-refractivity contribution is 7.88. The lowest BCUT2D eigenvalue weighted by Gasteiger charge is -2.33.